The maximum absolute atomic E-state index is 6.32. The van der Waals surface area contributed by atoms with E-state index in [0.717, 1.165) is 24.5 Å². The summed E-state index contributed by atoms with van der Waals surface area (Å²) in [6.07, 6.45) is 6.14. The Hall–Kier alpha value is -1.61. The van der Waals surface area contributed by atoms with Gasteiger partial charge in [0.1, 0.15) is 5.82 Å². The van der Waals surface area contributed by atoms with Gasteiger partial charge < -0.3 is 10.3 Å². The maximum atomic E-state index is 6.32. The van der Waals surface area contributed by atoms with Crippen LogP contribution in [0.3, 0.4) is 0 Å². The lowest BCUT2D eigenvalue weighted by molar-refractivity contribution is 0.343. The van der Waals surface area contributed by atoms with E-state index in [-0.39, 0.29) is 6.04 Å². The molecule has 1 aliphatic heterocycles. The molecule has 2 N–H and O–H groups in total. The minimum atomic E-state index is 0.0776. The van der Waals surface area contributed by atoms with Crippen molar-refractivity contribution in [2.24, 2.45) is 11.7 Å². The normalized spacial score (nSPS) is 24.0. The number of imidazole rings is 1. The molecule has 22 heavy (non-hydrogen) atoms. The smallest absolute Gasteiger partial charge is 0.126 e. The zero-order valence-corrected chi connectivity index (χ0v) is 13.6. The first-order valence-electron chi connectivity index (χ1n) is 8.58. The summed E-state index contributed by atoms with van der Waals surface area (Å²) in [6, 6.07) is 7.00. The third kappa shape index (κ3) is 2.19. The minimum absolute atomic E-state index is 0.0776. The monoisotopic (exact) mass is 295 g/mol. The van der Waals surface area contributed by atoms with Crippen molar-refractivity contribution in [1.29, 1.82) is 0 Å². The fraction of sp³-hybridized carbons (Fsp3) is 0.526. The van der Waals surface area contributed by atoms with Crippen molar-refractivity contribution in [2.75, 3.05) is 0 Å². The highest BCUT2D eigenvalue weighted by Gasteiger charge is 2.27. The van der Waals surface area contributed by atoms with Crippen molar-refractivity contribution < 1.29 is 0 Å². The van der Waals surface area contributed by atoms with Gasteiger partial charge in [-0.1, -0.05) is 19.1 Å². The predicted octanol–water partition coefficient (Wildman–Crippen LogP) is 3.78. The summed E-state index contributed by atoms with van der Waals surface area (Å²) < 4.78 is 2.34. The van der Waals surface area contributed by atoms with Crippen molar-refractivity contribution in [1.82, 2.24) is 9.55 Å². The molecule has 4 rings (SSSR count). The number of rotatable bonds is 1. The van der Waals surface area contributed by atoms with E-state index in [4.69, 9.17) is 10.7 Å². The van der Waals surface area contributed by atoms with E-state index in [1.165, 1.54) is 48.1 Å². The van der Waals surface area contributed by atoms with Gasteiger partial charge in [0.25, 0.3) is 0 Å². The number of nitrogens with zero attached hydrogens (tertiary/aromatic N) is 2. The highest BCUT2D eigenvalue weighted by Crippen LogP contribution is 2.34. The summed E-state index contributed by atoms with van der Waals surface area (Å²) in [5, 5.41) is 0. The Kier molecular flexibility index (Phi) is 3.33. The van der Waals surface area contributed by atoms with Crippen LogP contribution in [0, 0.1) is 12.8 Å². The average Bonchev–Trinajstić information content (AvgIpc) is 2.84. The van der Waals surface area contributed by atoms with E-state index in [1.807, 2.05) is 0 Å². The van der Waals surface area contributed by atoms with Gasteiger partial charge in [-0.15, -0.1) is 0 Å². The van der Waals surface area contributed by atoms with Gasteiger partial charge in [-0.2, -0.15) is 0 Å². The number of aryl methyl sites for hydroxylation is 2. The predicted molar refractivity (Wildman–Crippen MR) is 89.8 cm³/mol. The highest BCUT2D eigenvalue weighted by atomic mass is 15.1. The van der Waals surface area contributed by atoms with Crippen LogP contribution in [0.5, 0.6) is 0 Å². The van der Waals surface area contributed by atoms with Crippen molar-refractivity contribution >= 4 is 0 Å². The van der Waals surface area contributed by atoms with Crippen molar-refractivity contribution in [3.05, 3.63) is 40.8 Å². The van der Waals surface area contributed by atoms with Gasteiger partial charge in [-0.3, -0.25) is 0 Å². The van der Waals surface area contributed by atoms with Crippen LogP contribution < -0.4 is 5.73 Å². The van der Waals surface area contributed by atoms with Crippen LogP contribution >= 0.6 is 0 Å². The molecule has 0 saturated carbocycles. The average molecular weight is 295 g/mol. The molecular weight excluding hydrogens is 270 g/mol. The fourth-order valence-corrected chi connectivity index (χ4v) is 4.15. The molecule has 1 aromatic heterocycles. The summed E-state index contributed by atoms with van der Waals surface area (Å²) in [5.41, 5.74) is 13.0. The molecule has 2 unspecified atom stereocenters. The second kappa shape index (κ2) is 5.24. The molecular formula is C19H25N3. The summed E-state index contributed by atoms with van der Waals surface area (Å²) in [7, 11) is 0. The molecule has 0 fully saturated rings. The summed E-state index contributed by atoms with van der Waals surface area (Å²) in [5.74, 6) is 1.70. The van der Waals surface area contributed by atoms with E-state index >= 15 is 0 Å². The number of aromatic nitrogens is 2. The van der Waals surface area contributed by atoms with Gasteiger partial charge in [-0.05, 0) is 62.1 Å². The fourth-order valence-electron chi connectivity index (χ4n) is 4.15. The molecule has 0 spiro atoms. The van der Waals surface area contributed by atoms with Crippen molar-refractivity contribution in [3.63, 3.8) is 0 Å². The van der Waals surface area contributed by atoms with Gasteiger partial charge in [0.15, 0.2) is 0 Å². The molecule has 0 amide bonds. The number of nitrogens with two attached hydrogens (primary N) is 1. The first-order chi connectivity index (χ1) is 10.6. The number of hydrogen-bond acceptors (Lipinski definition) is 2. The first-order valence-corrected chi connectivity index (χ1v) is 8.58. The standard InChI is InChI=1S/C19H25N3/c1-12-9-17(20)19-21-18(13(2)22(19)11-12)16-8-7-14-5-3-4-6-15(14)10-16/h7-8,10,12,17H,3-6,9,11,20H2,1-2H3. The largest absolute Gasteiger partial charge is 0.330 e. The van der Waals surface area contributed by atoms with Gasteiger partial charge in [0, 0.05) is 17.8 Å². The summed E-state index contributed by atoms with van der Waals surface area (Å²) in [6.45, 7) is 5.52. The second-order valence-electron chi connectivity index (χ2n) is 7.15. The number of fused-ring (bicyclic) bond motifs is 2. The van der Waals surface area contributed by atoms with Crippen LogP contribution in [0.1, 0.15) is 54.9 Å². The summed E-state index contributed by atoms with van der Waals surface area (Å²) >= 11 is 0. The van der Waals surface area contributed by atoms with Crippen LogP contribution in [0.15, 0.2) is 18.2 Å². The molecule has 116 valence electrons. The Labute approximate surface area is 132 Å². The second-order valence-corrected chi connectivity index (χ2v) is 7.15. The van der Waals surface area contributed by atoms with Crippen LogP contribution in [0.2, 0.25) is 0 Å². The molecule has 3 nitrogen and oxygen atoms in total. The lowest BCUT2D eigenvalue weighted by Gasteiger charge is -2.26. The molecule has 0 bridgehead atoms. The summed E-state index contributed by atoms with van der Waals surface area (Å²) in [4.78, 5) is 4.92. The third-order valence-corrected chi connectivity index (χ3v) is 5.35. The molecule has 1 aromatic carbocycles. The molecule has 1 aliphatic carbocycles. The van der Waals surface area contributed by atoms with Crippen LogP contribution in [0.4, 0.5) is 0 Å². The zero-order valence-electron chi connectivity index (χ0n) is 13.6. The Morgan fingerprint density at radius 1 is 1.18 bits per heavy atom. The highest BCUT2D eigenvalue weighted by molar-refractivity contribution is 5.64. The topological polar surface area (TPSA) is 43.8 Å². The molecule has 2 atom stereocenters. The minimum Gasteiger partial charge on any atom is -0.330 e. The zero-order chi connectivity index (χ0) is 15.3. The van der Waals surface area contributed by atoms with Gasteiger partial charge in [-0.25, -0.2) is 4.98 Å². The Morgan fingerprint density at radius 3 is 2.77 bits per heavy atom. The van der Waals surface area contributed by atoms with E-state index < -0.39 is 0 Å². The molecule has 2 aromatic rings. The lowest BCUT2D eigenvalue weighted by atomic mass is 9.90. The Bertz CT molecular complexity index is 714. The van der Waals surface area contributed by atoms with E-state index in [1.54, 1.807) is 0 Å². The van der Waals surface area contributed by atoms with E-state index in [2.05, 4.69) is 36.6 Å². The third-order valence-electron chi connectivity index (χ3n) is 5.35. The van der Waals surface area contributed by atoms with Crippen molar-refractivity contribution in [3.8, 4) is 11.3 Å². The Morgan fingerprint density at radius 2 is 1.95 bits per heavy atom. The van der Waals surface area contributed by atoms with E-state index in [0.29, 0.717) is 5.92 Å². The van der Waals surface area contributed by atoms with Gasteiger partial charge in [0.2, 0.25) is 0 Å². The molecule has 2 heterocycles. The number of benzene rings is 1. The quantitative estimate of drug-likeness (QED) is 0.870. The molecule has 2 aliphatic rings. The molecule has 0 saturated heterocycles. The lowest BCUT2D eigenvalue weighted by Crippen LogP contribution is -2.27. The Balaban J connectivity index is 1.79. The van der Waals surface area contributed by atoms with Crippen LogP contribution in [-0.2, 0) is 19.4 Å². The molecule has 3 heteroatoms. The first kappa shape index (κ1) is 14.0. The SMILES string of the molecule is Cc1c(-c2ccc3c(c2)CCCC3)nc2n1CC(C)CC2N. The van der Waals surface area contributed by atoms with Gasteiger partial charge >= 0.3 is 0 Å². The van der Waals surface area contributed by atoms with E-state index in [9.17, 15) is 0 Å². The van der Waals surface area contributed by atoms with Crippen molar-refractivity contribution in [2.45, 2.75) is 58.5 Å². The van der Waals surface area contributed by atoms with Crippen LogP contribution in [0.25, 0.3) is 11.3 Å². The maximum Gasteiger partial charge on any atom is 0.126 e. The molecule has 0 radical (unpaired) electrons. The number of hydrogen-bond donors (Lipinski definition) is 1. The van der Waals surface area contributed by atoms with Crippen LogP contribution in [-0.4, -0.2) is 9.55 Å². The van der Waals surface area contributed by atoms with Gasteiger partial charge in [0.05, 0.1) is 11.7 Å².